The molecular formula is C14H26N2O3. The van der Waals surface area contributed by atoms with E-state index in [1.807, 2.05) is 11.8 Å². The Bertz CT molecular complexity index is 327. The standard InChI is InChI=1S/C14H26N2O3/c1-4-14(5-2)8-9-16(10-14)13(19)15-11(3)6-7-12(17)18/h11H,4-10H2,1-3H3,(H,15,19)(H,17,18). The number of carboxylic acids is 1. The molecule has 2 N–H and O–H groups in total. The largest absolute Gasteiger partial charge is 0.481 e. The van der Waals surface area contributed by atoms with Crippen LogP contribution in [0.25, 0.3) is 0 Å². The molecule has 1 atom stereocenters. The molecule has 0 saturated carbocycles. The number of aliphatic carboxylic acids is 1. The van der Waals surface area contributed by atoms with E-state index in [0.29, 0.717) is 6.42 Å². The van der Waals surface area contributed by atoms with Crippen molar-refractivity contribution in [2.24, 2.45) is 5.41 Å². The first-order valence-electron chi connectivity index (χ1n) is 7.19. The van der Waals surface area contributed by atoms with Gasteiger partial charge in [0.2, 0.25) is 0 Å². The number of nitrogens with zero attached hydrogens (tertiary/aromatic N) is 1. The van der Waals surface area contributed by atoms with Gasteiger partial charge in [-0.15, -0.1) is 0 Å². The summed E-state index contributed by atoms with van der Waals surface area (Å²) in [5.41, 5.74) is 0.279. The van der Waals surface area contributed by atoms with Crippen LogP contribution in [0.4, 0.5) is 4.79 Å². The maximum absolute atomic E-state index is 12.1. The monoisotopic (exact) mass is 270 g/mol. The number of likely N-dealkylation sites (tertiary alicyclic amines) is 1. The number of nitrogens with one attached hydrogen (secondary N) is 1. The minimum atomic E-state index is -0.821. The molecule has 0 aromatic carbocycles. The van der Waals surface area contributed by atoms with Crippen molar-refractivity contribution < 1.29 is 14.7 Å². The second kappa shape index (κ2) is 6.78. The Kier molecular flexibility index (Phi) is 5.63. The third kappa shape index (κ3) is 4.40. The van der Waals surface area contributed by atoms with Crippen molar-refractivity contribution in [3.8, 4) is 0 Å². The maximum Gasteiger partial charge on any atom is 0.317 e. The first kappa shape index (κ1) is 15.8. The second-order valence-corrected chi connectivity index (χ2v) is 5.66. The van der Waals surface area contributed by atoms with Crippen LogP contribution in [0, 0.1) is 5.41 Å². The molecule has 0 aliphatic carbocycles. The number of carbonyl (C=O) groups excluding carboxylic acids is 1. The molecule has 110 valence electrons. The summed E-state index contributed by atoms with van der Waals surface area (Å²) in [6.45, 7) is 7.83. The van der Waals surface area contributed by atoms with Crippen molar-refractivity contribution in [2.45, 2.75) is 58.9 Å². The van der Waals surface area contributed by atoms with E-state index in [1.54, 1.807) is 0 Å². The van der Waals surface area contributed by atoms with Crippen LogP contribution in [0.5, 0.6) is 0 Å². The first-order chi connectivity index (χ1) is 8.92. The topological polar surface area (TPSA) is 69.6 Å². The maximum atomic E-state index is 12.1. The Morgan fingerprint density at radius 2 is 2.00 bits per heavy atom. The number of amides is 2. The highest BCUT2D eigenvalue weighted by molar-refractivity contribution is 5.75. The van der Waals surface area contributed by atoms with Crippen LogP contribution in [0.1, 0.15) is 52.9 Å². The molecule has 0 aromatic heterocycles. The lowest BCUT2D eigenvalue weighted by Gasteiger charge is -2.27. The molecule has 19 heavy (non-hydrogen) atoms. The van der Waals surface area contributed by atoms with E-state index in [4.69, 9.17) is 5.11 Å². The average Bonchev–Trinajstić information content (AvgIpc) is 2.81. The lowest BCUT2D eigenvalue weighted by atomic mass is 9.82. The Morgan fingerprint density at radius 1 is 1.37 bits per heavy atom. The molecule has 1 heterocycles. The van der Waals surface area contributed by atoms with Crippen molar-refractivity contribution in [3.63, 3.8) is 0 Å². The summed E-state index contributed by atoms with van der Waals surface area (Å²) in [6, 6.07) is -0.150. The van der Waals surface area contributed by atoms with E-state index >= 15 is 0 Å². The fourth-order valence-corrected chi connectivity index (χ4v) is 2.65. The molecule has 1 unspecified atom stereocenters. The van der Waals surface area contributed by atoms with Gasteiger partial charge in [0, 0.05) is 25.6 Å². The molecule has 1 aliphatic heterocycles. The predicted molar refractivity (Wildman–Crippen MR) is 74.1 cm³/mol. The zero-order chi connectivity index (χ0) is 14.5. The van der Waals surface area contributed by atoms with Gasteiger partial charge in [-0.25, -0.2) is 4.79 Å². The van der Waals surface area contributed by atoms with Crippen molar-refractivity contribution in [1.82, 2.24) is 10.2 Å². The molecule has 2 amide bonds. The SMILES string of the molecule is CCC1(CC)CCN(C(=O)NC(C)CCC(=O)O)C1. The van der Waals surface area contributed by atoms with Crippen LogP contribution in [-0.4, -0.2) is 41.1 Å². The Balaban J connectivity index is 2.41. The summed E-state index contributed by atoms with van der Waals surface area (Å²) in [6.07, 6.45) is 3.83. The fraction of sp³-hybridized carbons (Fsp3) is 0.857. The van der Waals surface area contributed by atoms with E-state index in [1.165, 1.54) is 0 Å². The van der Waals surface area contributed by atoms with Gasteiger partial charge in [0.05, 0.1) is 0 Å². The lowest BCUT2D eigenvalue weighted by molar-refractivity contribution is -0.137. The van der Waals surface area contributed by atoms with Crippen LogP contribution in [0.15, 0.2) is 0 Å². The molecule has 5 nitrogen and oxygen atoms in total. The number of rotatable bonds is 6. The van der Waals surface area contributed by atoms with Gasteiger partial charge in [-0.05, 0) is 38.0 Å². The minimum Gasteiger partial charge on any atom is -0.481 e. The molecule has 1 fully saturated rings. The van der Waals surface area contributed by atoms with Gasteiger partial charge in [-0.2, -0.15) is 0 Å². The van der Waals surface area contributed by atoms with Gasteiger partial charge in [-0.1, -0.05) is 13.8 Å². The predicted octanol–water partition coefficient (Wildman–Crippen LogP) is 2.46. The Morgan fingerprint density at radius 3 is 2.47 bits per heavy atom. The number of urea groups is 1. The highest BCUT2D eigenvalue weighted by Crippen LogP contribution is 2.36. The smallest absolute Gasteiger partial charge is 0.317 e. The van der Waals surface area contributed by atoms with Crippen molar-refractivity contribution in [1.29, 1.82) is 0 Å². The molecule has 0 spiro atoms. The first-order valence-corrected chi connectivity index (χ1v) is 7.19. The van der Waals surface area contributed by atoms with Crippen LogP contribution >= 0.6 is 0 Å². The van der Waals surface area contributed by atoms with Gasteiger partial charge in [0.1, 0.15) is 0 Å². The fourth-order valence-electron chi connectivity index (χ4n) is 2.65. The molecular weight excluding hydrogens is 244 g/mol. The number of hydrogen-bond acceptors (Lipinski definition) is 2. The third-order valence-electron chi connectivity index (χ3n) is 4.39. The summed E-state index contributed by atoms with van der Waals surface area (Å²) in [4.78, 5) is 24.4. The van der Waals surface area contributed by atoms with Crippen LogP contribution < -0.4 is 5.32 Å². The lowest BCUT2D eigenvalue weighted by Crippen LogP contribution is -2.43. The highest BCUT2D eigenvalue weighted by atomic mass is 16.4. The summed E-state index contributed by atoms with van der Waals surface area (Å²) in [5, 5.41) is 11.5. The highest BCUT2D eigenvalue weighted by Gasteiger charge is 2.37. The molecule has 0 radical (unpaired) electrons. The van der Waals surface area contributed by atoms with Crippen molar-refractivity contribution in [2.75, 3.05) is 13.1 Å². The van der Waals surface area contributed by atoms with E-state index in [-0.39, 0.29) is 23.9 Å². The number of carbonyl (C=O) groups is 2. The van der Waals surface area contributed by atoms with E-state index in [9.17, 15) is 9.59 Å². The van der Waals surface area contributed by atoms with E-state index in [0.717, 1.165) is 32.4 Å². The minimum absolute atomic E-state index is 0.0540. The average molecular weight is 270 g/mol. The molecule has 0 bridgehead atoms. The summed E-state index contributed by atoms with van der Waals surface area (Å²) >= 11 is 0. The summed E-state index contributed by atoms with van der Waals surface area (Å²) < 4.78 is 0. The van der Waals surface area contributed by atoms with Gasteiger partial charge in [0.15, 0.2) is 0 Å². The van der Waals surface area contributed by atoms with Gasteiger partial charge >= 0.3 is 12.0 Å². The van der Waals surface area contributed by atoms with Crippen molar-refractivity contribution in [3.05, 3.63) is 0 Å². The van der Waals surface area contributed by atoms with Crippen LogP contribution in [-0.2, 0) is 4.79 Å². The van der Waals surface area contributed by atoms with E-state index in [2.05, 4.69) is 19.2 Å². The van der Waals surface area contributed by atoms with Crippen LogP contribution in [0.3, 0.4) is 0 Å². The summed E-state index contributed by atoms with van der Waals surface area (Å²) in [5.74, 6) is -0.821. The Labute approximate surface area is 115 Å². The van der Waals surface area contributed by atoms with Gasteiger partial charge in [-0.3, -0.25) is 4.79 Å². The second-order valence-electron chi connectivity index (χ2n) is 5.66. The number of carboxylic acid groups (broad SMARTS) is 1. The van der Waals surface area contributed by atoms with Gasteiger partial charge in [0.25, 0.3) is 0 Å². The molecule has 1 rings (SSSR count). The molecule has 1 saturated heterocycles. The molecule has 0 aromatic rings. The van der Waals surface area contributed by atoms with Gasteiger partial charge < -0.3 is 15.3 Å². The van der Waals surface area contributed by atoms with Crippen molar-refractivity contribution >= 4 is 12.0 Å². The summed E-state index contributed by atoms with van der Waals surface area (Å²) in [7, 11) is 0. The number of hydrogen-bond donors (Lipinski definition) is 2. The normalized spacial score (nSPS) is 19.2. The zero-order valence-electron chi connectivity index (χ0n) is 12.2. The third-order valence-corrected chi connectivity index (χ3v) is 4.39. The zero-order valence-corrected chi connectivity index (χ0v) is 12.2. The Hall–Kier alpha value is -1.26. The molecule has 5 heteroatoms. The van der Waals surface area contributed by atoms with Crippen LogP contribution in [0.2, 0.25) is 0 Å². The quantitative estimate of drug-likeness (QED) is 0.779. The van der Waals surface area contributed by atoms with E-state index < -0.39 is 5.97 Å². The molecule has 1 aliphatic rings.